The Balaban J connectivity index is 2.54. The van der Waals surface area contributed by atoms with E-state index in [-0.39, 0.29) is 17.4 Å². The van der Waals surface area contributed by atoms with Gasteiger partial charge in [-0.1, -0.05) is 0 Å². The van der Waals surface area contributed by atoms with Gasteiger partial charge >= 0.3 is 0 Å². The monoisotopic (exact) mass is 254 g/mol. The van der Waals surface area contributed by atoms with Gasteiger partial charge in [-0.25, -0.2) is 0 Å². The van der Waals surface area contributed by atoms with E-state index >= 15 is 0 Å². The number of hydrogen-bond donors (Lipinski definition) is 3. The van der Waals surface area contributed by atoms with Gasteiger partial charge in [0, 0.05) is 25.7 Å². The van der Waals surface area contributed by atoms with E-state index in [0.717, 1.165) is 0 Å². The van der Waals surface area contributed by atoms with Crippen LogP contribution in [0, 0.1) is 0 Å². The first kappa shape index (κ1) is 14.3. The highest BCUT2D eigenvalue weighted by atomic mass is 16.5. The zero-order valence-electron chi connectivity index (χ0n) is 10.3. The topological polar surface area (TPSA) is 96.0 Å². The second-order valence-electron chi connectivity index (χ2n) is 3.83. The third-order valence-corrected chi connectivity index (χ3v) is 2.40. The van der Waals surface area contributed by atoms with Gasteiger partial charge in [-0.3, -0.25) is 4.79 Å². The van der Waals surface area contributed by atoms with Gasteiger partial charge in [0.15, 0.2) is 11.5 Å². The molecule has 1 rings (SSSR count). The number of phenolic OH excluding ortho intramolecular Hbond substituents is 2. The summed E-state index contributed by atoms with van der Waals surface area (Å²) >= 11 is 0. The van der Waals surface area contributed by atoms with Crippen LogP contribution >= 0.6 is 0 Å². The molecule has 0 bridgehead atoms. The molecule has 1 aromatic rings. The summed E-state index contributed by atoms with van der Waals surface area (Å²) < 4.78 is 5.17. The van der Waals surface area contributed by atoms with Crippen molar-refractivity contribution < 1.29 is 19.7 Å². The lowest BCUT2D eigenvalue weighted by Crippen LogP contribution is -2.30. The number of carbonyl (C=O) groups excluding carboxylic acids is 1. The Morgan fingerprint density at radius 3 is 2.67 bits per heavy atom. The molecule has 0 saturated heterocycles. The van der Waals surface area contributed by atoms with E-state index in [1.807, 2.05) is 0 Å². The molecule has 0 fully saturated rings. The van der Waals surface area contributed by atoms with Crippen molar-refractivity contribution in [3.8, 4) is 11.5 Å². The van der Waals surface area contributed by atoms with Crippen molar-refractivity contribution in [1.29, 1.82) is 0 Å². The second-order valence-corrected chi connectivity index (χ2v) is 3.83. The number of phenols is 2. The molecule has 1 amide bonds. The Morgan fingerprint density at radius 2 is 2.06 bits per heavy atom. The molecule has 0 aromatic heterocycles. The van der Waals surface area contributed by atoms with Crippen molar-refractivity contribution in [3.63, 3.8) is 0 Å². The quantitative estimate of drug-likeness (QED) is 0.496. The van der Waals surface area contributed by atoms with Crippen molar-refractivity contribution in [2.45, 2.75) is 0 Å². The van der Waals surface area contributed by atoms with Gasteiger partial charge in [0.25, 0.3) is 5.91 Å². The van der Waals surface area contributed by atoms with E-state index < -0.39 is 0 Å². The predicted octanol–water partition coefficient (Wildman–Crippen LogP) is 0.145. The Bertz CT molecular complexity index is 409. The number of carbonyl (C=O) groups is 1. The lowest BCUT2D eigenvalue weighted by molar-refractivity contribution is 0.0704. The normalized spacial score (nSPS) is 10.3. The summed E-state index contributed by atoms with van der Waals surface area (Å²) in [6, 6.07) is 3.96. The zero-order valence-corrected chi connectivity index (χ0v) is 10.3. The molecule has 0 spiro atoms. The SMILES string of the molecule is CN(CCOCCN)C(=O)c1ccc(O)c(O)c1. The molecular formula is C12H18N2O4. The maximum absolute atomic E-state index is 11.9. The molecule has 0 aliphatic heterocycles. The van der Waals surface area contributed by atoms with Crippen molar-refractivity contribution in [3.05, 3.63) is 23.8 Å². The van der Waals surface area contributed by atoms with Crippen LogP contribution < -0.4 is 5.73 Å². The maximum atomic E-state index is 11.9. The highest BCUT2D eigenvalue weighted by Gasteiger charge is 2.13. The van der Waals surface area contributed by atoms with Crippen LogP contribution in [0.15, 0.2) is 18.2 Å². The number of benzene rings is 1. The van der Waals surface area contributed by atoms with Crippen molar-refractivity contribution >= 4 is 5.91 Å². The second kappa shape index (κ2) is 6.83. The summed E-state index contributed by atoms with van der Waals surface area (Å²) in [5.41, 5.74) is 5.58. The fraction of sp³-hybridized carbons (Fsp3) is 0.417. The Labute approximate surface area is 106 Å². The number of nitrogens with zero attached hydrogens (tertiary/aromatic N) is 1. The van der Waals surface area contributed by atoms with E-state index in [2.05, 4.69) is 0 Å². The third-order valence-electron chi connectivity index (χ3n) is 2.40. The van der Waals surface area contributed by atoms with Crippen LogP contribution in [0.4, 0.5) is 0 Å². The number of nitrogens with two attached hydrogens (primary N) is 1. The van der Waals surface area contributed by atoms with E-state index in [4.69, 9.17) is 15.6 Å². The van der Waals surface area contributed by atoms with Gasteiger partial charge in [-0.2, -0.15) is 0 Å². The van der Waals surface area contributed by atoms with Gasteiger partial charge < -0.3 is 25.6 Å². The van der Waals surface area contributed by atoms with Crippen molar-refractivity contribution in [2.75, 3.05) is 33.4 Å². The smallest absolute Gasteiger partial charge is 0.253 e. The minimum atomic E-state index is -0.311. The number of ether oxygens (including phenoxy) is 1. The molecule has 1 aromatic carbocycles. The number of aromatic hydroxyl groups is 2. The Kier molecular flexibility index (Phi) is 5.41. The number of rotatable bonds is 6. The zero-order chi connectivity index (χ0) is 13.5. The van der Waals surface area contributed by atoms with Crippen molar-refractivity contribution in [1.82, 2.24) is 4.90 Å². The fourth-order valence-corrected chi connectivity index (χ4v) is 1.37. The summed E-state index contributed by atoms with van der Waals surface area (Å²) in [4.78, 5) is 13.4. The lowest BCUT2D eigenvalue weighted by atomic mass is 10.2. The average molecular weight is 254 g/mol. The van der Waals surface area contributed by atoms with Gasteiger partial charge in [0.1, 0.15) is 0 Å². The van der Waals surface area contributed by atoms with Gasteiger partial charge in [-0.15, -0.1) is 0 Å². The fourth-order valence-electron chi connectivity index (χ4n) is 1.37. The molecule has 0 radical (unpaired) electrons. The Morgan fingerprint density at radius 1 is 1.33 bits per heavy atom. The number of likely N-dealkylation sites (N-methyl/N-ethyl adjacent to an activating group) is 1. The molecule has 6 heteroatoms. The first-order chi connectivity index (χ1) is 8.56. The molecule has 0 aliphatic rings. The molecule has 0 heterocycles. The first-order valence-corrected chi connectivity index (χ1v) is 5.61. The molecular weight excluding hydrogens is 236 g/mol. The van der Waals surface area contributed by atoms with Gasteiger partial charge in [0.2, 0.25) is 0 Å². The van der Waals surface area contributed by atoms with Crippen molar-refractivity contribution in [2.24, 2.45) is 5.73 Å². The standard InChI is InChI=1S/C12H18N2O4/c1-14(5-7-18-6-4-13)12(17)9-2-3-10(15)11(16)8-9/h2-3,8,15-16H,4-7,13H2,1H3. The molecule has 0 unspecified atom stereocenters. The molecule has 0 atom stereocenters. The number of hydrogen-bond acceptors (Lipinski definition) is 5. The van der Waals surface area contributed by atoms with Crippen LogP contribution in [-0.2, 0) is 4.74 Å². The van der Waals surface area contributed by atoms with E-state index in [1.165, 1.54) is 23.1 Å². The van der Waals surface area contributed by atoms with Crippen LogP contribution in [0.3, 0.4) is 0 Å². The summed E-state index contributed by atoms with van der Waals surface area (Å²) in [5.74, 6) is -0.809. The van der Waals surface area contributed by atoms with Crippen LogP contribution in [-0.4, -0.2) is 54.4 Å². The van der Waals surface area contributed by atoms with E-state index in [0.29, 0.717) is 31.9 Å². The molecule has 6 nitrogen and oxygen atoms in total. The first-order valence-electron chi connectivity index (χ1n) is 5.61. The Hall–Kier alpha value is -1.79. The largest absolute Gasteiger partial charge is 0.504 e. The number of amides is 1. The average Bonchev–Trinajstić information content (AvgIpc) is 2.37. The molecule has 18 heavy (non-hydrogen) atoms. The van der Waals surface area contributed by atoms with E-state index in [9.17, 15) is 9.90 Å². The van der Waals surface area contributed by atoms with Crippen LogP contribution in [0.5, 0.6) is 11.5 Å². The summed E-state index contributed by atoms with van der Waals surface area (Å²) in [7, 11) is 1.64. The van der Waals surface area contributed by atoms with Gasteiger partial charge in [0.05, 0.1) is 13.2 Å². The van der Waals surface area contributed by atoms with Crippen LogP contribution in [0.25, 0.3) is 0 Å². The summed E-state index contributed by atoms with van der Waals surface area (Å²) in [6.45, 7) is 1.75. The minimum Gasteiger partial charge on any atom is -0.504 e. The maximum Gasteiger partial charge on any atom is 0.253 e. The highest BCUT2D eigenvalue weighted by molar-refractivity contribution is 5.94. The van der Waals surface area contributed by atoms with E-state index in [1.54, 1.807) is 7.05 Å². The lowest BCUT2D eigenvalue weighted by Gasteiger charge is -2.17. The minimum absolute atomic E-state index is 0.248. The molecule has 100 valence electrons. The molecule has 0 saturated carbocycles. The van der Waals surface area contributed by atoms with Crippen LogP contribution in [0.1, 0.15) is 10.4 Å². The molecule has 0 aliphatic carbocycles. The van der Waals surface area contributed by atoms with Gasteiger partial charge in [-0.05, 0) is 18.2 Å². The predicted molar refractivity (Wildman–Crippen MR) is 66.6 cm³/mol. The third kappa shape index (κ3) is 3.90. The summed E-state index contributed by atoms with van der Waals surface area (Å²) in [6.07, 6.45) is 0. The van der Waals surface area contributed by atoms with Crippen LogP contribution in [0.2, 0.25) is 0 Å². The molecule has 4 N–H and O–H groups in total. The highest BCUT2D eigenvalue weighted by Crippen LogP contribution is 2.25. The summed E-state index contributed by atoms with van der Waals surface area (Å²) in [5, 5.41) is 18.5.